The number of anilines is 1. The number of likely N-dealkylation sites (N-methyl/N-ethyl adjacent to an activating group) is 1. The summed E-state index contributed by atoms with van der Waals surface area (Å²) in [5.41, 5.74) is 6.44. The van der Waals surface area contributed by atoms with Gasteiger partial charge in [-0.25, -0.2) is 0 Å². The smallest absolute Gasteiger partial charge is 0.244 e. The topological polar surface area (TPSA) is 119 Å². The quantitative estimate of drug-likeness (QED) is 0.471. The molecule has 1 saturated heterocycles. The van der Waals surface area contributed by atoms with E-state index in [0.717, 1.165) is 43.4 Å². The van der Waals surface area contributed by atoms with Crippen molar-refractivity contribution in [2.24, 2.45) is 5.73 Å². The largest absolute Gasteiger partial charge is 0.368 e. The molecule has 2 heterocycles. The van der Waals surface area contributed by atoms with Crippen LogP contribution >= 0.6 is 11.6 Å². The Kier molecular flexibility index (Phi) is 7.07. The molecule has 1 aliphatic heterocycles. The maximum absolute atomic E-state index is 13.2. The van der Waals surface area contributed by atoms with Gasteiger partial charge in [-0.15, -0.1) is 0 Å². The lowest BCUT2D eigenvalue weighted by molar-refractivity contribution is -0.129. The highest BCUT2D eigenvalue weighted by atomic mass is 35.5. The van der Waals surface area contributed by atoms with E-state index in [0.29, 0.717) is 17.4 Å². The van der Waals surface area contributed by atoms with Crippen molar-refractivity contribution in [1.82, 2.24) is 25.3 Å². The van der Waals surface area contributed by atoms with Gasteiger partial charge < -0.3 is 21.3 Å². The summed E-state index contributed by atoms with van der Waals surface area (Å²) >= 11 is 6.01. The summed E-state index contributed by atoms with van der Waals surface area (Å²) < 4.78 is 0. The number of nitrogens with two attached hydrogens (primary N) is 1. The molecule has 1 aromatic carbocycles. The fourth-order valence-electron chi connectivity index (χ4n) is 3.65. The zero-order valence-electron chi connectivity index (χ0n) is 16.7. The van der Waals surface area contributed by atoms with Gasteiger partial charge in [0.1, 0.15) is 12.1 Å². The molecular formula is C19H28ClN7O2. The Hall–Kier alpha value is -2.20. The van der Waals surface area contributed by atoms with Crippen molar-refractivity contribution in [3.05, 3.63) is 23.2 Å². The molecule has 0 saturated carbocycles. The van der Waals surface area contributed by atoms with Crippen LogP contribution in [0.5, 0.6) is 0 Å². The van der Waals surface area contributed by atoms with Crippen molar-refractivity contribution in [3.8, 4) is 0 Å². The normalized spacial score (nSPS) is 17.0. The van der Waals surface area contributed by atoms with E-state index in [4.69, 9.17) is 17.3 Å². The molecule has 0 bridgehead atoms. The average molecular weight is 422 g/mol. The first-order chi connectivity index (χ1) is 13.9. The number of nitrogens with one attached hydrogen (secondary N) is 3. The molecule has 2 atom stereocenters. The van der Waals surface area contributed by atoms with E-state index < -0.39 is 18.0 Å². The number of hydrogen-bond donors (Lipinski definition) is 4. The second-order valence-electron chi connectivity index (χ2n) is 7.58. The first kappa shape index (κ1) is 21.5. The molecule has 5 N–H and O–H groups in total. The maximum atomic E-state index is 13.2. The molecule has 3 rings (SSSR count). The number of benzene rings is 1. The first-order valence-corrected chi connectivity index (χ1v) is 10.1. The summed E-state index contributed by atoms with van der Waals surface area (Å²) in [7, 11) is 3.90. The van der Waals surface area contributed by atoms with Crippen LogP contribution in [0.1, 0.15) is 12.8 Å². The molecule has 9 nitrogen and oxygen atoms in total. The van der Waals surface area contributed by atoms with Crippen LogP contribution in [0.25, 0.3) is 10.9 Å². The minimum Gasteiger partial charge on any atom is -0.368 e. The Morgan fingerprint density at radius 3 is 2.72 bits per heavy atom. The Bertz CT molecular complexity index is 863. The van der Waals surface area contributed by atoms with Crippen LogP contribution in [0, 0.1) is 0 Å². The van der Waals surface area contributed by atoms with E-state index in [2.05, 4.69) is 20.8 Å². The minimum absolute atomic E-state index is 0.345. The number of H-pyrrole nitrogens is 1. The highest BCUT2D eigenvalue weighted by Gasteiger charge is 2.38. The summed E-state index contributed by atoms with van der Waals surface area (Å²) in [6, 6.07) is 3.75. The van der Waals surface area contributed by atoms with Gasteiger partial charge in [0.2, 0.25) is 11.8 Å². The number of carbonyl (C=O) groups is 2. The van der Waals surface area contributed by atoms with Gasteiger partial charge in [0, 0.05) is 23.5 Å². The standard InChI is InChI=1S/C19H28ClN7O2/c1-26(2)10-7-22-15(16(17(21)28)27-8-3-4-9-27)19(29)23-18-13-6-5-12(20)11-14(13)24-25-18/h5-6,11,15-16,22H,3-4,7-10H2,1-2H3,(H2,21,28)(H2,23,24,25,29). The van der Waals surface area contributed by atoms with Crippen LogP contribution in [0.3, 0.4) is 0 Å². The summed E-state index contributed by atoms with van der Waals surface area (Å²) in [6.45, 7) is 2.76. The van der Waals surface area contributed by atoms with E-state index in [1.54, 1.807) is 18.2 Å². The van der Waals surface area contributed by atoms with E-state index in [9.17, 15) is 9.59 Å². The van der Waals surface area contributed by atoms with Gasteiger partial charge in [-0.2, -0.15) is 5.10 Å². The molecule has 2 aromatic rings. The average Bonchev–Trinajstić information content (AvgIpc) is 3.30. The zero-order valence-corrected chi connectivity index (χ0v) is 17.5. The number of aromatic amines is 1. The molecule has 1 aliphatic rings. The minimum atomic E-state index is -0.787. The molecule has 0 aliphatic carbocycles. The number of amides is 2. The van der Waals surface area contributed by atoms with E-state index >= 15 is 0 Å². The molecule has 2 amide bonds. The number of rotatable bonds is 9. The molecule has 0 radical (unpaired) electrons. The van der Waals surface area contributed by atoms with Crippen LogP contribution in [0.15, 0.2) is 18.2 Å². The summed E-state index contributed by atoms with van der Waals surface area (Å²) in [6.07, 6.45) is 1.97. The molecule has 1 fully saturated rings. The third-order valence-electron chi connectivity index (χ3n) is 5.11. The predicted octanol–water partition coefficient (Wildman–Crippen LogP) is 0.624. The molecular weight excluding hydrogens is 394 g/mol. The SMILES string of the molecule is CN(C)CCNC(C(=O)Nc1n[nH]c2cc(Cl)ccc12)C(C(N)=O)N1CCCC1. The lowest BCUT2D eigenvalue weighted by Gasteiger charge is -2.32. The number of halogens is 1. The van der Waals surface area contributed by atoms with Gasteiger partial charge in [0.05, 0.1) is 5.52 Å². The maximum Gasteiger partial charge on any atom is 0.244 e. The van der Waals surface area contributed by atoms with Crippen LogP contribution in [-0.4, -0.2) is 84.2 Å². The van der Waals surface area contributed by atoms with E-state index in [1.807, 2.05) is 23.9 Å². The molecule has 29 heavy (non-hydrogen) atoms. The van der Waals surface area contributed by atoms with Crippen LogP contribution < -0.4 is 16.4 Å². The third kappa shape index (κ3) is 5.24. The van der Waals surface area contributed by atoms with Gasteiger partial charge in [-0.3, -0.25) is 19.6 Å². The fraction of sp³-hybridized carbons (Fsp3) is 0.526. The summed E-state index contributed by atoms with van der Waals surface area (Å²) in [4.78, 5) is 29.5. The number of likely N-dealkylation sites (tertiary alicyclic amines) is 1. The van der Waals surface area contributed by atoms with Crippen molar-refractivity contribution in [1.29, 1.82) is 0 Å². The Morgan fingerprint density at radius 2 is 2.07 bits per heavy atom. The summed E-state index contributed by atoms with van der Waals surface area (Å²) in [5, 5.41) is 14.4. The second kappa shape index (κ2) is 9.53. The highest BCUT2D eigenvalue weighted by Crippen LogP contribution is 2.24. The van der Waals surface area contributed by atoms with Crippen molar-refractivity contribution in [2.75, 3.05) is 45.6 Å². The van der Waals surface area contributed by atoms with Crippen molar-refractivity contribution < 1.29 is 9.59 Å². The van der Waals surface area contributed by atoms with Crippen molar-refractivity contribution in [2.45, 2.75) is 24.9 Å². The van der Waals surface area contributed by atoms with Gasteiger partial charge >= 0.3 is 0 Å². The molecule has 2 unspecified atom stereocenters. The third-order valence-corrected chi connectivity index (χ3v) is 5.35. The number of fused-ring (bicyclic) bond motifs is 1. The molecule has 1 aromatic heterocycles. The Morgan fingerprint density at radius 1 is 1.34 bits per heavy atom. The van der Waals surface area contributed by atoms with Crippen molar-refractivity contribution in [3.63, 3.8) is 0 Å². The predicted molar refractivity (Wildman–Crippen MR) is 114 cm³/mol. The van der Waals surface area contributed by atoms with Gasteiger partial charge in [-0.1, -0.05) is 11.6 Å². The Labute approximate surface area is 174 Å². The summed E-state index contributed by atoms with van der Waals surface area (Å²) in [5.74, 6) is -0.461. The van der Waals surface area contributed by atoms with Gasteiger partial charge in [0.15, 0.2) is 5.82 Å². The molecule has 10 heteroatoms. The Balaban J connectivity index is 1.82. The van der Waals surface area contributed by atoms with E-state index in [-0.39, 0.29) is 5.91 Å². The number of aromatic nitrogens is 2. The highest BCUT2D eigenvalue weighted by molar-refractivity contribution is 6.31. The monoisotopic (exact) mass is 421 g/mol. The zero-order chi connectivity index (χ0) is 21.0. The molecule has 158 valence electrons. The number of hydrogen-bond acceptors (Lipinski definition) is 6. The lowest BCUT2D eigenvalue weighted by atomic mass is 10.0. The second-order valence-corrected chi connectivity index (χ2v) is 8.01. The van der Waals surface area contributed by atoms with Crippen LogP contribution in [0.2, 0.25) is 5.02 Å². The van der Waals surface area contributed by atoms with Crippen molar-refractivity contribution >= 4 is 40.1 Å². The molecule has 0 spiro atoms. The van der Waals surface area contributed by atoms with Gasteiger partial charge in [0.25, 0.3) is 0 Å². The number of carbonyl (C=O) groups excluding carboxylic acids is 2. The fourth-order valence-corrected chi connectivity index (χ4v) is 3.82. The lowest BCUT2D eigenvalue weighted by Crippen LogP contribution is -2.61. The van der Waals surface area contributed by atoms with Crippen LogP contribution in [0.4, 0.5) is 5.82 Å². The number of primary amides is 1. The first-order valence-electron chi connectivity index (χ1n) is 9.73. The van der Waals surface area contributed by atoms with E-state index in [1.165, 1.54) is 0 Å². The van der Waals surface area contributed by atoms with Gasteiger partial charge in [-0.05, 0) is 58.2 Å². The number of nitrogens with zero attached hydrogens (tertiary/aromatic N) is 3. The van der Waals surface area contributed by atoms with Crippen LogP contribution in [-0.2, 0) is 9.59 Å².